The zero-order valence-electron chi connectivity index (χ0n) is 13.3. The predicted molar refractivity (Wildman–Crippen MR) is 84.7 cm³/mol. The van der Waals surface area contributed by atoms with Gasteiger partial charge < -0.3 is 10.0 Å². The lowest BCUT2D eigenvalue weighted by atomic mass is 9.93. The molecule has 1 N–H and O–H groups in total. The van der Waals surface area contributed by atoms with Crippen molar-refractivity contribution >= 4 is 11.9 Å². The number of aliphatic carboxylic acids is 1. The predicted octanol–water partition coefficient (Wildman–Crippen LogP) is 1.99. The molecular weight excluding hydrogens is 294 g/mol. The van der Waals surface area contributed by atoms with Gasteiger partial charge in [0.25, 0.3) is 0 Å². The summed E-state index contributed by atoms with van der Waals surface area (Å²) in [5, 5.41) is 13.3. The zero-order chi connectivity index (χ0) is 16.2. The molecule has 1 aromatic heterocycles. The minimum Gasteiger partial charge on any atom is -0.481 e. The van der Waals surface area contributed by atoms with Gasteiger partial charge in [0.1, 0.15) is 0 Å². The molecular formula is C17H23N3O3. The van der Waals surface area contributed by atoms with E-state index in [9.17, 15) is 9.59 Å². The number of nitrogens with zero attached hydrogens (tertiary/aromatic N) is 3. The Morgan fingerprint density at radius 3 is 2.91 bits per heavy atom. The van der Waals surface area contributed by atoms with Crippen molar-refractivity contribution in [2.45, 2.75) is 51.6 Å². The minimum atomic E-state index is -0.810. The van der Waals surface area contributed by atoms with Crippen LogP contribution in [0.15, 0.2) is 18.2 Å². The molecule has 1 aromatic rings. The van der Waals surface area contributed by atoms with Crippen molar-refractivity contribution in [3.05, 3.63) is 29.6 Å². The van der Waals surface area contributed by atoms with Crippen LogP contribution < -0.4 is 0 Å². The van der Waals surface area contributed by atoms with Crippen molar-refractivity contribution in [1.29, 1.82) is 0 Å². The Labute approximate surface area is 135 Å². The fraction of sp³-hybridized carbons (Fsp3) is 0.588. The van der Waals surface area contributed by atoms with Crippen LogP contribution in [0.25, 0.3) is 0 Å². The van der Waals surface area contributed by atoms with Crippen LogP contribution in [0.4, 0.5) is 0 Å². The second-order valence-corrected chi connectivity index (χ2v) is 6.34. The first-order chi connectivity index (χ1) is 11.1. The van der Waals surface area contributed by atoms with E-state index in [1.807, 2.05) is 15.6 Å². The first-order valence-electron chi connectivity index (χ1n) is 8.34. The summed E-state index contributed by atoms with van der Waals surface area (Å²) in [7, 11) is 0. The standard InChI is InChI=1S/C17H23N3O3/c21-16(22)8-7-14-11-15-12-19(9-4-10-20(15)18-14)17(23)13-5-2-1-3-6-13/h1-2,11,13H,3-10,12H2,(H,21,22). The summed E-state index contributed by atoms with van der Waals surface area (Å²) in [6.45, 7) is 2.14. The van der Waals surface area contributed by atoms with E-state index in [4.69, 9.17) is 5.11 Å². The van der Waals surface area contributed by atoms with Crippen molar-refractivity contribution < 1.29 is 14.7 Å². The summed E-state index contributed by atoms with van der Waals surface area (Å²) >= 11 is 0. The fourth-order valence-corrected chi connectivity index (χ4v) is 3.34. The van der Waals surface area contributed by atoms with Crippen LogP contribution in [0.1, 0.15) is 43.5 Å². The quantitative estimate of drug-likeness (QED) is 0.862. The van der Waals surface area contributed by atoms with Gasteiger partial charge in [0.2, 0.25) is 5.91 Å². The lowest BCUT2D eigenvalue weighted by Gasteiger charge is -2.26. The lowest BCUT2D eigenvalue weighted by Crippen LogP contribution is -2.36. The first-order valence-corrected chi connectivity index (χ1v) is 8.34. The molecule has 124 valence electrons. The van der Waals surface area contributed by atoms with Gasteiger partial charge in [-0.15, -0.1) is 0 Å². The average molecular weight is 317 g/mol. The number of carboxylic acids is 1. The van der Waals surface area contributed by atoms with E-state index in [1.54, 1.807) is 0 Å². The molecule has 0 aromatic carbocycles. The third kappa shape index (κ3) is 3.81. The van der Waals surface area contributed by atoms with Gasteiger partial charge in [-0.1, -0.05) is 12.2 Å². The zero-order valence-corrected chi connectivity index (χ0v) is 13.3. The maximum atomic E-state index is 12.7. The van der Waals surface area contributed by atoms with Crippen LogP contribution in [-0.2, 0) is 29.1 Å². The van der Waals surface area contributed by atoms with Gasteiger partial charge in [0.15, 0.2) is 0 Å². The van der Waals surface area contributed by atoms with Crippen LogP contribution in [0.5, 0.6) is 0 Å². The number of amides is 1. The Morgan fingerprint density at radius 1 is 1.30 bits per heavy atom. The van der Waals surface area contributed by atoms with Gasteiger partial charge in [-0.05, 0) is 31.7 Å². The van der Waals surface area contributed by atoms with Crippen LogP contribution >= 0.6 is 0 Å². The number of rotatable bonds is 4. The lowest BCUT2D eigenvalue weighted by molar-refractivity contribution is -0.137. The number of carbonyl (C=O) groups is 2. The first kappa shape index (κ1) is 15.8. The number of fused-ring (bicyclic) bond motifs is 1. The molecule has 0 fully saturated rings. The van der Waals surface area contributed by atoms with Crippen molar-refractivity contribution in [2.75, 3.05) is 6.54 Å². The molecule has 0 spiro atoms. The van der Waals surface area contributed by atoms with Crippen LogP contribution in [0.2, 0.25) is 0 Å². The number of hydrogen-bond donors (Lipinski definition) is 1. The summed E-state index contributed by atoms with van der Waals surface area (Å²) in [4.78, 5) is 25.4. The van der Waals surface area contributed by atoms with Crippen LogP contribution in [0.3, 0.4) is 0 Å². The number of aryl methyl sites for hydroxylation is 2. The molecule has 23 heavy (non-hydrogen) atoms. The van der Waals surface area contributed by atoms with E-state index in [-0.39, 0.29) is 18.2 Å². The molecule has 1 aliphatic carbocycles. The summed E-state index contributed by atoms with van der Waals surface area (Å²) in [6, 6.07) is 1.95. The molecule has 6 heteroatoms. The Morgan fingerprint density at radius 2 is 2.17 bits per heavy atom. The van der Waals surface area contributed by atoms with Crippen LogP contribution in [-0.4, -0.2) is 38.2 Å². The normalized spacial score (nSPS) is 20.9. The molecule has 1 amide bonds. The fourth-order valence-electron chi connectivity index (χ4n) is 3.34. The maximum absolute atomic E-state index is 12.7. The van der Waals surface area contributed by atoms with Crippen molar-refractivity contribution in [3.8, 4) is 0 Å². The Balaban J connectivity index is 1.68. The van der Waals surface area contributed by atoms with Gasteiger partial charge in [0, 0.05) is 25.4 Å². The molecule has 3 rings (SSSR count). The molecule has 2 heterocycles. The highest BCUT2D eigenvalue weighted by Crippen LogP contribution is 2.23. The van der Waals surface area contributed by atoms with Gasteiger partial charge in [-0.2, -0.15) is 5.10 Å². The smallest absolute Gasteiger partial charge is 0.303 e. The topological polar surface area (TPSA) is 75.4 Å². The van der Waals surface area contributed by atoms with E-state index < -0.39 is 5.97 Å². The third-order valence-electron chi connectivity index (χ3n) is 4.59. The molecule has 1 atom stereocenters. The highest BCUT2D eigenvalue weighted by Gasteiger charge is 2.26. The number of carboxylic acid groups (broad SMARTS) is 1. The summed E-state index contributed by atoms with van der Waals surface area (Å²) in [5.74, 6) is -0.451. The van der Waals surface area contributed by atoms with Crippen molar-refractivity contribution in [2.24, 2.45) is 5.92 Å². The van der Waals surface area contributed by atoms with E-state index in [1.165, 1.54) is 0 Å². The molecule has 0 saturated carbocycles. The highest BCUT2D eigenvalue weighted by atomic mass is 16.4. The minimum absolute atomic E-state index is 0.0908. The molecule has 0 saturated heterocycles. The Hall–Kier alpha value is -2.11. The highest BCUT2D eigenvalue weighted by molar-refractivity contribution is 5.79. The molecule has 1 aliphatic heterocycles. The molecule has 1 unspecified atom stereocenters. The summed E-state index contributed by atoms with van der Waals surface area (Å²) in [5.41, 5.74) is 1.82. The van der Waals surface area contributed by atoms with E-state index in [0.717, 1.165) is 50.2 Å². The molecule has 2 aliphatic rings. The van der Waals surface area contributed by atoms with Crippen molar-refractivity contribution in [3.63, 3.8) is 0 Å². The van der Waals surface area contributed by atoms with E-state index in [0.29, 0.717) is 13.0 Å². The number of aromatic nitrogens is 2. The van der Waals surface area contributed by atoms with Gasteiger partial charge in [-0.3, -0.25) is 14.3 Å². The number of carbonyl (C=O) groups excluding carboxylic acids is 1. The number of allylic oxidation sites excluding steroid dienone is 2. The van der Waals surface area contributed by atoms with Gasteiger partial charge in [0.05, 0.1) is 24.4 Å². The molecule has 6 nitrogen and oxygen atoms in total. The van der Waals surface area contributed by atoms with Crippen molar-refractivity contribution in [1.82, 2.24) is 14.7 Å². The Bertz CT molecular complexity index is 621. The van der Waals surface area contributed by atoms with Crippen LogP contribution in [0, 0.1) is 5.92 Å². The Kier molecular flexibility index (Phi) is 4.79. The van der Waals surface area contributed by atoms with Gasteiger partial charge >= 0.3 is 5.97 Å². The average Bonchev–Trinajstić information content (AvgIpc) is 2.83. The SMILES string of the molecule is O=C(O)CCc1cc2n(n1)CCCN(C(=O)C1CC=CCC1)C2. The largest absolute Gasteiger partial charge is 0.481 e. The molecule has 0 bridgehead atoms. The summed E-state index contributed by atoms with van der Waals surface area (Å²) < 4.78 is 1.94. The van der Waals surface area contributed by atoms with E-state index >= 15 is 0 Å². The third-order valence-corrected chi connectivity index (χ3v) is 4.59. The second kappa shape index (κ2) is 6.98. The van der Waals surface area contributed by atoms with E-state index in [2.05, 4.69) is 17.3 Å². The maximum Gasteiger partial charge on any atom is 0.303 e. The number of hydrogen-bond acceptors (Lipinski definition) is 3. The van der Waals surface area contributed by atoms with Gasteiger partial charge in [-0.25, -0.2) is 0 Å². The molecule has 0 radical (unpaired) electrons. The monoisotopic (exact) mass is 317 g/mol. The summed E-state index contributed by atoms with van der Waals surface area (Å²) in [6.07, 6.45) is 8.45. The second-order valence-electron chi connectivity index (χ2n) is 6.34.